The topological polar surface area (TPSA) is 485 Å². The number of hydrogen-bond donors (Lipinski definition) is 17. The quantitative estimate of drug-likeness (QED) is 0.0401. The van der Waals surface area contributed by atoms with E-state index < -0.39 is 181 Å². The molecule has 0 saturated heterocycles. The smallest absolute Gasteiger partial charge is 0.326 e. The van der Waals surface area contributed by atoms with Crippen molar-refractivity contribution in [3.8, 4) is 0 Å². The molecule has 0 radical (unpaired) electrons. The van der Waals surface area contributed by atoms with Gasteiger partial charge in [-0.05, 0) is 118 Å². The molecule has 2 rings (SSSR count). The summed E-state index contributed by atoms with van der Waals surface area (Å²) in [6, 6.07) is 3.84. The SMILES string of the molecule is CCC(C)C(NC(=O)CNC(=O)CNC(=O)C(NC(=O)C(N)Cc1ccccc1)C(C)CC)C(=O)NC(C(=O)NC(CO)C(=O)NC(CC(C)C)C(=O)NC(C(=O)NC(CCCCN)C(=O)NC(CCCCN)C(=O)NC(CC(C)C)C(=O)NC(Cc1ccccc1)C(=O)O)C(C)CC)C(C)CC. The molecule has 0 bridgehead atoms. The van der Waals surface area contributed by atoms with Crippen molar-refractivity contribution in [3.63, 3.8) is 0 Å². The number of aliphatic carboxylic acids is 1. The molecule has 103 heavy (non-hydrogen) atoms. The number of nitrogens with two attached hydrogens (primary N) is 3. The number of carboxylic acids is 1. The number of nitrogens with one attached hydrogen (secondary N) is 12. The molecule has 0 heterocycles. The monoisotopic (exact) mass is 1450 g/mol. The summed E-state index contributed by atoms with van der Waals surface area (Å²) in [4.78, 5) is 179. The fourth-order valence-corrected chi connectivity index (χ4v) is 11.1. The summed E-state index contributed by atoms with van der Waals surface area (Å²) >= 11 is 0. The number of aliphatic hydroxyl groups excluding tert-OH is 1. The predicted molar refractivity (Wildman–Crippen MR) is 391 cm³/mol. The second-order valence-corrected chi connectivity index (χ2v) is 27.7. The zero-order chi connectivity index (χ0) is 77.5. The van der Waals surface area contributed by atoms with Gasteiger partial charge in [-0.25, -0.2) is 4.79 Å². The normalized spacial score (nSPS) is 15.7. The van der Waals surface area contributed by atoms with Crippen molar-refractivity contribution in [2.24, 2.45) is 52.7 Å². The van der Waals surface area contributed by atoms with Gasteiger partial charge >= 0.3 is 5.97 Å². The number of carboxylic acid groups (broad SMARTS) is 1. The number of carbonyl (C=O) groups excluding carboxylic acids is 12. The molecule has 15 unspecified atom stereocenters. The summed E-state index contributed by atoms with van der Waals surface area (Å²) < 4.78 is 0. The molecule has 578 valence electrons. The number of rotatable bonds is 50. The first-order chi connectivity index (χ1) is 48.8. The van der Waals surface area contributed by atoms with Gasteiger partial charge in [-0.2, -0.15) is 0 Å². The van der Waals surface area contributed by atoms with E-state index in [-0.39, 0.29) is 69.4 Å². The van der Waals surface area contributed by atoms with Crippen molar-refractivity contribution < 1.29 is 72.5 Å². The van der Waals surface area contributed by atoms with Gasteiger partial charge in [0.15, 0.2) is 0 Å². The van der Waals surface area contributed by atoms with E-state index in [1.54, 1.807) is 92.6 Å². The highest BCUT2D eigenvalue weighted by molar-refractivity contribution is 5.99. The van der Waals surface area contributed by atoms with Crippen molar-refractivity contribution in [2.45, 2.75) is 239 Å². The fraction of sp³-hybridized carbons (Fsp3) is 0.658. The summed E-state index contributed by atoms with van der Waals surface area (Å²) in [6.07, 6.45) is 3.63. The zero-order valence-electron chi connectivity index (χ0n) is 62.5. The third-order valence-electron chi connectivity index (χ3n) is 18.2. The number of benzene rings is 2. The van der Waals surface area contributed by atoms with Crippen LogP contribution in [-0.4, -0.2) is 186 Å². The van der Waals surface area contributed by atoms with Crippen LogP contribution in [0.4, 0.5) is 0 Å². The summed E-state index contributed by atoms with van der Waals surface area (Å²) in [6.45, 7) is 19.5. The molecule has 0 aliphatic rings. The van der Waals surface area contributed by atoms with Crippen LogP contribution in [0.2, 0.25) is 0 Å². The zero-order valence-corrected chi connectivity index (χ0v) is 62.5. The van der Waals surface area contributed by atoms with Gasteiger partial charge in [0.2, 0.25) is 70.9 Å². The lowest BCUT2D eigenvalue weighted by atomic mass is 9.94. The van der Waals surface area contributed by atoms with Crippen LogP contribution in [0, 0.1) is 35.5 Å². The second kappa shape index (κ2) is 48.4. The van der Waals surface area contributed by atoms with E-state index in [0.717, 1.165) is 5.56 Å². The Morgan fingerprint density at radius 3 is 1.12 bits per heavy atom. The first kappa shape index (κ1) is 90.5. The van der Waals surface area contributed by atoms with Crippen LogP contribution >= 0.6 is 0 Å². The second-order valence-electron chi connectivity index (χ2n) is 27.7. The van der Waals surface area contributed by atoms with Gasteiger partial charge in [-0.15, -0.1) is 0 Å². The van der Waals surface area contributed by atoms with Crippen LogP contribution in [0.1, 0.15) is 171 Å². The molecule has 0 aliphatic carbocycles. The van der Waals surface area contributed by atoms with Crippen LogP contribution in [-0.2, 0) is 75.2 Å². The molecule has 0 spiro atoms. The maximum Gasteiger partial charge on any atom is 0.326 e. The summed E-state index contributed by atoms with van der Waals surface area (Å²) in [5, 5.41) is 52.4. The highest BCUT2D eigenvalue weighted by atomic mass is 16.4. The van der Waals surface area contributed by atoms with Crippen LogP contribution in [0.25, 0.3) is 0 Å². The summed E-state index contributed by atoms with van der Waals surface area (Å²) in [5.41, 5.74) is 19.3. The average molecular weight is 1450 g/mol. The van der Waals surface area contributed by atoms with E-state index in [4.69, 9.17) is 17.2 Å². The van der Waals surface area contributed by atoms with Crippen molar-refractivity contribution in [3.05, 3.63) is 71.8 Å². The van der Waals surface area contributed by atoms with Crippen molar-refractivity contribution in [1.29, 1.82) is 0 Å². The van der Waals surface area contributed by atoms with Crippen molar-refractivity contribution in [1.82, 2.24) is 63.8 Å². The minimum atomic E-state index is -1.69. The van der Waals surface area contributed by atoms with Crippen LogP contribution < -0.4 is 81.0 Å². The highest BCUT2D eigenvalue weighted by Crippen LogP contribution is 2.18. The van der Waals surface area contributed by atoms with Crippen LogP contribution in [0.15, 0.2) is 60.7 Å². The Hall–Kier alpha value is -8.61. The number of unbranched alkanes of at least 4 members (excludes halogenated alkanes) is 2. The first-order valence-electron chi connectivity index (χ1n) is 36.4. The number of aliphatic hydroxyl groups is 1. The van der Waals surface area contributed by atoms with Gasteiger partial charge in [0.05, 0.1) is 25.7 Å². The Kier molecular flexibility index (Phi) is 42.5. The van der Waals surface area contributed by atoms with Gasteiger partial charge in [-0.3, -0.25) is 57.5 Å². The van der Waals surface area contributed by atoms with E-state index in [0.29, 0.717) is 56.9 Å². The molecule has 20 N–H and O–H groups in total. The van der Waals surface area contributed by atoms with Gasteiger partial charge in [0.1, 0.15) is 60.4 Å². The van der Waals surface area contributed by atoms with Crippen molar-refractivity contribution in [2.75, 3.05) is 32.8 Å². The number of hydrogen-bond acceptors (Lipinski definition) is 17. The standard InChI is InChI=1S/C73H121N15O15/c1-13-44(9)59(86-63(92)50(76)37-48-27-19-17-20-28-48)69(98)78-39-57(90)77-40-58(91)85-60(45(10)14-2)72(101)88-62(47(12)16-4)71(100)84-56(41-89)68(97)82-54(36-43(7)8)67(96)87-61(46(11)15-3)70(99)80-52(32-24-26-34-75)64(93)79-51(31-23-25-33-74)65(94)81-53(35-42(5)6)66(95)83-55(73(102)103)38-49-29-21-18-22-30-49/h17-22,27-30,42-47,50-56,59-62,89H,13-16,23-26,31-41,74-76H2,1-12H3,(H,77,90)(H,78,98)(H,79,93)(H,80,99)(H,81,94)(H,82,97)(H,83,95)(H,84,100)(H,85,91)(H,86,92)(H,87,96)(H,88,101)(H,102,103). The molecule has 30 nitrogen and oxygen atoms in total. The molecular weight excluding hydrogens is 1330 g/mol. The molecule has 15 atom stereocenters. The Morgan fingerprint density at radius 1 is 0.369 bits per heavy atom. The summed E-state index contributed by atoms with van der Waals surface area (Å²) in [5.74, 6) is -12.9. The van der Waals surface area contributed by atoms with Crippen LogP contribution in [0.5, 0.6) is 0 Å². The van der Waals surface area contributed by atoms with E-state index in [1.165, 1.54) is 0 Å². The molecule has 0 saturated carbocycles. The minimum Gasteiger partial charge on any atom is -0.480 e. The minimum absolute atomic E-state index is 0.00409. The third kappa shape index (κ3) is 33.2. The third-order valence-corrected chi connectivity index (χ3v) is 18.2. The fourth-order valence-electron chi connectivity index (χ4n) is 11.1. The van der Waals surface area contributed by atoms with Gasteiger partial charge in [0, 0.05) is 6.42 Å². The predicted octanol–water partition coefficient (Wildman–Crippen LogP) is 0.491. The highest BCUT2D eigenvalue weighted by Gasteiger charge is 2.39. The lowest BCUT2D eigenvalue weighted by molar-refractivity contribution is -0.142. The van der Waals surface area contributed by atoms with Crippen LogP contribution in [0.3, 0.4) is 0 Å². The molecule has 0 fully saturated rings. The molecule has 0 aliphatic heterocycles. The summed E-state index contributed by atoms with van der Waals surface area (Å²) in [7, 11) is 0. The molecular formula is C73H121N15O15. The number of amides is 12. The lowest BCUT2D eigenvalue weighted by Crippen LogP contribution is -2.62. The molecule has 2 aromatic rings. The van der Waals surface area contributed by atoms with E-state index in [9.17, 15) is 72.5 Å². The maximum atomic E-state index is 14.6. The lowest BCUT2D eigenvalue weighted by Gasteiger charge is -2.31. The average Bonchev–Trinajstić information content (AvgIpc) is 0.858. The molecule has 30 heteroatoms. The number of carbonyl (C=O) groups is 13. The van der Waals surface area contributed by atoms with Crippen molar-refractivity contribution >= 4 is 76.9 Å². The molecule has 0 aromatic heterocycles. The molecule has 2 aromatic carbocycles. The van der Waals surface area contributed by atoms with E-state index in [2.05, 4.69) is 63.8 Å². The Labute approximate surface area is 607 Å². The van der Waals surface area contributed by atoms with Gasteiger partial charge in [-0.1, -0.05) is 169 Å². The Balaban J connectivity index is 2.30. The van der Waals surface area contributed by atoms with Gasteiger partial charge in [0.25, 0.3) is 0 Å². The van der Waals surface area contributed by atoms with Gasteiger partial charge < -0.3 is 91.2 Å². The van der Waals surface area contributed by atoms with E-state index in [1.807, 2.05) is 51.1 Å². The largest absolute Gasteiger partial charge is 0.480 e. The Bertz CT molecular complexity index is 3020. The first-order valence-corrected chi connectivity index (χ1v) is 36.4. The van der Waals surface area contributed by atoms with E-state index >= 15 is 0 Å². The maximum absolute atomic E-state index is 14.6. The molecule has 12 amide bonds. The Morgan fingerprint density at radius 2 is 0.699 bits per heavy atom.